The van der Waals surface area contributed by atoms with Gasteiger partial charge in [-0.25, -0.2) is 0 Å². The molecule has 0 bridgehead atoms. The molecular formula is C24H25N3O2. The first kappa shape index (κ1) is 19.2. The fourth-order valence-electron chi connectivity index (χ4n) is 3.85. The lowest BCUT2D eigenvalue weighted by Gasteiger charge is -2.36. The van der Waals surface area contributed by atoms with Crippen molar-refractivity contribution in [2.75, 3.05) is 20.2 Å². The standard InChI is InChI=1S/C24H25N3O2/c1-29-22-10-8-19(9-11-22)24(28)26-16-23(20-7-4-13-25-15-20)27-14-12-18-5-2-3-6-21(18)17-27/h2-11,13,15,23H,12,14,16-17H2,1H3,(H,26,28). The number of benzene rings is 2. The molecule has 2 aromatic carbocycles. The lowest BCUT2D eigenvalue weighted by atomic mass is 9.97. The van der Waals surface area contributed by atoms with E-state index >= 15 is 0 Å². The molecule has 5 heteroatoms. The van der Waals surface area contributed by atoms with Gasteiger partial charge in [-0.1, -0.05) is 30.3 Å². The molecule has 0 aliphatic carbocycles. The van der Waals surface area contributed by atoms with E-state index in [9.17, 15) is 4.79 Å². The molecule has 1 unspecified atom stereocenters. The third kappa shape index (κ3) is 4.46. The molecule has 1 aliphatic heterocycles. The molecule has 29 heavy (non-hydrogen) atoms. The molecule has 0 saturated heterocycles. The van der Waals surface area contributed by atoms with Crippen LogP contribution < -0.4 is 10.1 Å². The predicted octanol–water partition coefficient (Wildman–Crippen LogP) is 3.62. The van der Waals surface area contributed by atoms with Gasteiger partial charge in [-0.15, -0.1) is 0 Å². The zero-order valence-electron chi connectivity index (χ0n) is 16.5. The first-order valence-electron chi connectivity index (χ1n) is 9.87. The number of aromatic nitrogens is 1. The van der Waals surface area contributed by atoms with Crippen LogP contribution in [0.3, 0.4) is 0 Å². The van der Waals surface area contributed by atoms with Crippen molar-refractivity contribution in [2.24, 2.45) is 0 Å². The maximum absolute atomic E-state index is 12.7. The summed E-state index contributed by atoms with van der Waals surface area (Å²) < 4.78 is 5.17. The summed E-state index contributed by atoms with van der Waals surface area (Å²) in [6.07, 6.45) is 4.69. The van der Waals surface area contributed by atoms with Crippen molar-refractivity contribution in [3.63, 3.8) is 0 Å². The number of ether oxygens (including phenoxy) is 1. The Hall–Kier alpha value is -3.18. The van der Waals surface area contributed by atoms with Crippen molar-refractivity contribution in [2.45, 2.75) is 19.0 Å². The SMILES string of the molecule is COc1ccc(C(=O)NCC(c2cccnc2)N2CCc3ccccc3C2)cc1. The largest absolute Gasteiger partial charge is 0.497 e. The van der Waals surface area contributed by atoms with Crippen LogP contribution in [-0.4, -0.2) is 36.0 Å². The van der Waals surface area contributed by atoms with Crippen molar-refractivity contribution in [3.05, 3.63) is 95.3 Å². The normalized spacial score (nSPS) is 14.7. The fraction of sp³-hybridized carbons (Fsp3) is 0.250. The van der Waals surface area contributed by atoms with E-state index < -0.39 is 0 Å². The molecule has 3 aromatic rings. The Kier molecular flexibility index (Phi) is 5.86. The average molecular weight is 387 g/mol. The van der Waals surface area contributed by atoms with Gasteiger partial charge in [-0.05, 0) is 53.4 Å². The number of carbonyl (C=O) groups excluding carboxylic acids is 1. The van der Waals surface area contributed by atoms with Crippen molar-refractivity contribution >= 4 is 5.91 Å². The van der Waals surface area contributed by atoms with Crippen LogP contribution in [0.1, 0.15) is 33.1 Å². The zero-order chi connectivity index (χ0) is 20.1. The van der Waals surface area contributed by atoms with E-state index in [0.717, 1.165) is 30.8 Å². The Morgan fingerprint density at radius 1 is 1.10 bits per heavy atom. The highest BCUT2D eigenvalue weighted by molar-refractivity contribution is 5.94. The maximum Gasteiger partial charge on any atom is 0.251 e. The Morgan fingerprint density at radius 2 is 1.90 bits per heavy atom. The second-order valence-corrected chi connectivity index (χ2v) is 7.23. The summed E-state index contributed by atoms with van der Waals surface area (Å²) in [5, 5.41) is 3.11. The minimum Gasteiger partial charge on any atom is -0.497 e. The third-order valence-corrected chi connectivity index (χ3v) is 5.48. The van der Waals surface area contributed by atoms with Crippen LogP contribution >= 0.6 is 0 Å². The number of nitrogens with one attached hydrogen (secondary N) is 1. The third-order valence-electron chi connectivity index (χ3n) is 5.48. The molecule has 0 spiro atoms. The van der Waals surface area contributed by atoms with Crippen LogP contribution in [0.25, 0.3) is 0 Å². The number of pyridine rings is 1. The molecule has 2 heterocycles. The van der Waals surface area contributed by atoms with E-state index in [1.165, 1.54) is 11.1 Å². The highest BCUT2D eigenvalue weighted by atomic mass is 16.5. The monoisotopic (exact) mass is 387 g/mol. The summed E-state index contributed by atoms with van der Waals surface area (Å²) in [5.74, 6) is 0.653. The van der Waals surface area contributed by atoms with Crippen molar-refractivity contribution in [3.8, 4) is 5.75 Å². The second kappa shape index (κ2) is 8.88. The van der Waals surface area contributed by atoms with Gasteiger partial charge in [0, 0.05) is 37.6 Å². The van der Waals surface area contributed by atoms with Gasteiger partial charge >= 0.3 is 0 Å². The molecule has 1 aromatic heterocycles. The smallest absolute Gasteiger partial charge is 0.251 e. The number of hydrogen-bond donors (Lipinski definition) is 1. The van der Waals surface area contributed by atoms with E-state index in [2.05, 4.69) is 45.5 Å². The van der Waals surface area contributed by atoms with Crippen molar-refractivity contribution in [1.82, 2.24) is 15.2 Å². The van der Waals surface area contributed by atoms with Gasteiger partial charge in [-0.3, -0.25) is 14.7 Å². The molecule has 0 fully saturated rings. The first-order valence-corrected chi connectivity index (χ1v) is 9.87. The quantitative estimate of drug-likeness (QED) is 0.702. The van der Waals surface area contributed by atoms with Crippen LogP contribution in [0, 0.1) is 0 Å². The summed E-state index contributed by atoms with van der Waals surface area (Å²) in [5.41, 5.74) is 4.51. The summed E-state index contributed by atoms with van der Waals surface area (Å²) in [6.45, 7) is 2.35. The van der Waals surface area contributed by atoms with E-state index in [1.54, 1.807) is 37.6 Å². The number of fused-ring (bicyclic) bond motifs is 1. The summed E-state index contributed by atoms with van der Waals surface area (Å²) >= 11 is 0. The molecule has 1 N–H and O–H groups in total. The molecule has 4 rings (SSSR count). The lowest BCUT2D eigenvalue weighted by molar-refractivity contribution is 0.0927. The summed E-state index contributed by atoms with van der Waals surface area (Å²) in [6, 6.07) is 19.9. The number of amides is 1. The van der Waals surface area contributed by atoms with Gasteiger partial charge in [0.1, 0.15) is 5.75 Å². The molecule has 5 nitrogen and oxygen atoms in total. The maximum atomic E-state index is 12.7. The van der Waals surface area contributed by atoms with Crippen LogP contribution in [0.5, 0.6) is 5.75 Å². The number of nitrogens with zero attached hydrogens (tertiary/aromatic N) is 2. The molecule has 1 aliphatic rings. The molecule has 0 saturated carbocycles. The predicted molar refractivity (Wildman–Crippen MR) is 113 cm³/mol. The number of hydrogen-bond acceptors (Lipinski definition) is 4. The van der Waals surface area contributed by atoms with Gasteiger partial charge in [0.15, 0.2) is 0 Å². The average Bonchev–Trinajstić information content (AvgIpc) is 2.79. The fourth-order valence-corrected chi connectivity index (χ4v) is 3.85. The molecule has 148 valence electrons. The van der Waals surface area contributed by atoms with E-state index in [0.29, 0.717) is 12.1 Å². The van der Waals surface area contributed by atoms with Gasteiger partial charge in [0.2, 0.25) is 0 Å². The highest BCUT2D eigenvalue weighted by Gasteiger charge is 2.25. The van der Waals surface area contributed by atoms with Crippen molar-refractivity contribution < 1.29 is 9.53 Å². The lowest BCUT2D eigenvalue weighted by Crippen LogP contribution is -2.40. The van der Waals surface area contributed by atoms with Crippen LogP contribution in [0.4, 0.5) is 0 Å². The topological polar surface area (TPSA) is 54.5 Å². The van der Waals surface area contributed by atoms with Crippen molar-refractivity contribution in [1.29, 1.82) is 0 Å². The number of carbonyl (C=O) groups is 1. The van der Waals surface area contributed by atoms with Gasteiger partial charge < -0.3 is 10.1 Å². The number of methoxy groups -OCH3 is 1. The molecule has 1 amide bonds. The minimum atomic E-state index is -0.0843. The summed E-state index contributed by atoms with van der Waals surface area (Å²) in [4.78, 5) is 19.4. The molecule has 1 atom stereocenters. The van der Waals surface area contributed by atoms with E-state index in [4.69, 9.17) is 4.74 Å². The number of rotatable bonds is 6. The van der Waals surface area contributed by atoms with Crippen LogP contribution in [0.2, 0.25) is 0 Å². The Labute approximate surface area is 171 Å². The second-order valence-electron chi connectivity index (χ2n) is 7.23. The van der Waals surface area contributed by atoms with Gasteiger partial charge in [-0.2, -0.15) is 0 Å². The molecular weight excluding hydrogens is 362 g/mol. The Balaban J connectivity index is 1.50. The van der Waals surface area contributed by atoms with Gasteiger partial charge in [0.25, 0.3) is 5.91 Å². The minimum absolute atomic E-state index is 0.0688. The van der Waals surface area contributed by atoms with E-state index in [-0.39, 0.29) is 11.9 Å². The van der Waals surface area contributed by atoms with Crippen LogP contribution in [0.15, 0.2) is 73.1 Å². The first-order chi connectivity index (χ1) is 14.2. The summed E-state index contributed by atoms with van der Waals surface area (Å²) in [7, 11) is 1.62. The zero-order valence-corrected chi connectivity index (χ0v) is 16.5. The Bertz CT molecular complexity index is 957. The highest BCUT2D eigenvalue weighted by Crippen LogP contribution is 2.27. The van der Waals surface area contributed by atoms with Crippen LogP contribution in [-0.2, 0) is 13.0 Å². The van der Waals surface area contributed by atoms with E-state index in [1.807, 2.05) is 12.3 Å². The molecule has 0 radical (unpaired) electrons. The van der Waals surface area contributed by atoms with Gasteiger partial charge in [0.05, 0.1) is 13.2 Å². The Morgan fingerprint density at radius 3 is 2.62 bits per heavy atom.